The van der Waals surface area contributed by atoms with Gasteiger partial charge in [0.25, 0.3) is 0 Å². The van der Waals surface area contributed by atoms with Gasteiger partial charge in [-0.3, -0.25) is 9.97 Å². The lowest BCUT2D eigenvalue weighted by Gasteiger charge is -2.30. The summed E-state index contributed by atoms with van der Waals surface area (Å²) in [5, 5.41) is 1.78. The first-order valence-corrected chi connectivity index (χ1v) is 11.6. The number of nitrogens with two attached hydrogens (primary N) is 1. The van der Waals surface area contributed by atoms with Crippen LogP contribution in [0.3, 0.4) is 0 Å². The summed E-state index contributed by atoms with van der Waals surface area (Å²) in [6, 6.07) is 5.69. The molecule has 1 fully saturated rings. The molecule has 0 spiro atoms. The molecule has 5 rings (SSSR count). The van der Waals surface area contributed by atoms with E-state index in [1.807, 2.05) is 32.9 Å². The molecule has 2 aliphatic rings. The Balaban J connectivity index is 1.52. The molecule has 1 aliphatic carbocycles. The smallest absolute Gasteiger partial charge is 0.340 e. The van der Waals surface area contributed by atoms with E-state index in [1.54, 1.807) is 25.6 Å². The first-order chi connectivity index (χ1) is 16.1. The molecule has 3 aromatic rings. The van der Waals surface area contributed by atoms with Crippen LogP contribution < -0.4 is 10.5 Å². The van der Waals surface area contributed by atoms with Crippen LogP contribution in [0.2, 0.25) is 0 Å². The molecule has 1 aliphatic heterocycles. The lowest BCUT2D eigenvalue weighted by molar-refractivity contribution is -0.00720. The summed E-state index contributed by atoms with van der Waals surface area (Å²) in [7, 11) is 1.64. The van der Waals surface area contributed by atoms with Gasteiger partial charge < -0.3 is 19.9 Å². The van der Waals surface area contributed by atoms with Gasteiger partial charge in [-0.1, -0.05) is 0 Å². The van der Waals surface area contributed by atoms with Gasteiger partial charge in [-0.2, -0.15) is 0 Å². The van der Waals surface area contributed by atoms with Crippen molar-refractivity contribution in [2.45, 2.75) is 63.7 Å². The van der Waals surface area contributed by atoms with Gasteiger partial charge >= 0.3 is 5.97 Å². The minimum atomic E-state index is -0.729. The fourth-order valence-corrected chi connectivity index (χ4v) is 4.42. The highest BCUT2D eigenvalue weighted by molar-refractivity contribution is 5.92. The van der Waals surface area contributed by atoms with E-state index >= 15 is 0 Å². The topological polar surface area (TPSA) is 109 Å². The maximum absolute atomic E-state index is 12.3. The third-order valence-corrected chi connectivity index (χ3v) is 6.23. The molecule has 8 heteroatoms. The zero-order valence-electron chi connectivity index (χ0n) is 20.1. The molecule has 0 amide bonds. The number of cyclic esters (lactones) is 1. The summed E-state index contributed by atoms with van der Waals surface area (Å²) in [6.07, 6.45) is 7.00. The van der Waals surface area contributed by atoms with Crippen molar-refractivity contribution in [2.24, 2.45) is 5.73 Å². The molecule has 178 valence electrons. The SMILES string of the molecule is COC[C@@](C)(N)c1cnc(OC2CC2)c2cnc(Cc3ccc4c(n3)CC(C)(C)OC4=O)cc12. The maximum Gasteiger partial charge on any atom is 0.340 e. The zero-order valence-corrected chi connectivity index (χ0v) is 20.1. The largest absolute Gasteiger partial charge is 0.474 e. The van der Waals surface area contributed by atoms with Crippen molar-refractivity contribution in [3.63, 3.8) is 0 Å². The van der Waals surface area contributed by atoms with Crippen LogP contribution in [0.5, 0.6) is 5.88 Å². The van der Waals surface area contributed by atoms with Crippen molar-refractivity contribution in [1.29, 1.82) is 0 Å². The number of aromatic nitrogens is 3. The van der Waals surface area contributed by atoms with E-state index in [4.69, 9.17) is 29.9 Å². The van der Waals surface area contributed by atoms with E-state index < -0.39 is 11.1 Å². The van der Waals surface area contributed by atoms with E-state index in [2.05, 4.69) is 4.98 Å². The second kappa shape index (κ2) is 8.29. The molecular formula is C26H30N4O4. The Morgan fingerprint density at radius 1 is 1.18 bits per heavy atom. The van der Waals surface area contributed by atoms with Crippen molar-refractivity contribution in [3.8, 4) is 5.88 Å². The van der Waals surface area contributed by atoms with Crippen LogP contribution in [-0.4, -0.2) is 46.3 Å². The number of hydrogen-bond acceptors (Lipinski definition) is 8. The lowest BCUT2D eigenvalue weighted by Crippen LogP contribution is -2.38. The number of nitrogens with zero attached hydrogens (tertiary/aromatic N) is 3. The molecule has 1 atom stereocenters. The van der Waals surface area contributed by atoms with Crippen LogP contribution in [0.25, 0.3) is 10.8 Å². The first-order valence-electron chi connectivity index (χ1n) is 11.6. The van der Waals surface area contributed by atoms with E-state index in [0.29, 0.717) is 30.9 Å². The average Bonchev–Trinajstić information content (AvgIpc) is 3.56. The van der Waals surface area contributed by atoms with E-state index in [-0.39, 0.29) is 12.1 Å². The molecule has 0 bridgehead atoms. The first kappa shape index (κ1) is 22.7. The van der Waals surface area contributed by atoms with Crippen LogP contribution in [0, 0.1) is 0 Å². The molecule has 0 radical (unpaired) electrons. The predicted molar refractivity (Wildman–Crippen MR) is 127 cm³/mol. The zero-order chi connectivity index (χ0) is 24.1. The number of fused-ring (bicyclic) bond motifs is 2. The minimum Gasteiger partial charge on any atom is -0.474 e. The Morgan fingerprint density at radius 3 is 2.71 bits per heavy atom. The number of methoxy groups -OCH3 is 1. The number of hydrogen-bond donors (Lipinski definition) is 1. The number of carbonyl (C=O) groups excluding carboxylic acids is 1. The third kappa shape index (κ3) is 4.48. The maximum atomic E-state index is 12.3. The molecule has 0 saturated heterocycles. The van der Waals surface area contributed by atoms with E-state index in [0.717, 1.165) is 46.3 Å². The highest BCUT2D eigenvalue weighted by Gasteiger charge is 2.33. The average molecular weight is 463 g/mol. The summed E-state index contributed by atoms with van der Waals surface area (Å²) in [5.41, 5.74) is 9.17. The number of carbonyl (C=O) groups is 1. The number of rotatable bonds is 7. The molecule has 0 unspecified atom stereocenters. The van der Waals surface area contributed by atoms with Gasteiger partial charge in [-0.15, -0.1) is 0 Å². The quantitative estimate of drug-likeness (QED) is 0.532. The van der Waals surface area contributed by atoms with Crippen LogP contribution >= 0.6 is 0 Å². The third-order valence-electron chi connectivity index (χ3n) is 6.23. The summed E-state index contributed by atoms with van der Waals surface area (Å²) in [4.78, 5) is 26.3. The van der Waals surface area contributed by atoms with Crippen LogP contribution in [0.15, 0.2) is 30.6 Å². The normalized spacial score (nSPS) is 18.8. The van der Waals surface area contributed by atoms with Crippen molar-refractivity contribution >= 4 is 16.7 Å². The van der Waals surface area contributed by atoms with Crippen LogP contribution in [0.1, 0.15) is 66.6 Å². The number of pyridine rings is 3. The number of esters is 1. The fraction of sp³-hybridized carbons (Fsp3) is 0.462. The molecule has 4 heterocycles. The molecule has 2 N–H and O–H groups in total. The Labute approximate surface area is 198 Å². The van der Waals surface area contributed by atoms with Gasteiger partial charge in [0, 0.05) is 49.3 Å². The van der Waals surface area contributed by atoms with Crippen molar-refractivity contribution < 1.29 is 19.0 Å². The standard InChI is InChI=1S/C26H30N4O4/c1-25(2)11-22-18(24(31)34-25)8-5-15(30-22)9-16-10-19-20(12-28-16)23(33-17-6-7-17)29-13-21(19)26(3,27)14-32-4/h5,8,10,12-13,17H,6-7,9,11,14,27H2,1-4H3/t26-/m1/s1. The van der Waals surface area contributed by atoms with Gasteiger partial charge in [-0.25, -0.2) is 9.78 Å². The van der Waals surface area contributed by atoms with Crippen molar-refractivity contribution in [1.82, 2.24) is 15.0 Å². The minimum absolute atomic E-state index is 0.222. The number of ether oxygens (including phenoxy) is 3. The molecule has 0 aromatic carbocycles. The van der Waals surface area contributed by atoms with Gasteiger partial charge in [0.2, 0.25) is 5.88 Å². The molecule has 1 saturated carbocycles. The van der Waals surface area contributed by atoms with E-state index in [1.165, 1.54) is 0 Å². The van der Waals surface area contributed by atoms with Gasteiger partial charge in [0.1, 0.15) is 11.7 Å². The summed E-state index contributed by atoms with van der Waals surface area (Å²) in [5.74, 6) is 0.260. The fourth-order valence-electron chi connectivity index (χ4n) is 4.42. The molecule has 3 aromatic heterocycles. The van der Waals surface area contributed by atoms with Crippen molar-refractivity contribution in [2.75, 3.05) is 13.7 Å². The highest BCUT2D eigenvalue weighted by Crippen LogP contribution is 2.35. The van der Waals surface area contributed by atoms with Crippen molar-refractivity contribution in [3.05, 3.63) is 58.8 Å². The molecule has 8 nitrogen and oxygen atoms in total. The van der Waals surface area contributed by atoms with Crippen LogP contribution in [0.4, 0.5) is 0 Å². The Kier molecular flexibility index (Phi) is 5.53. The van der Waals surface area contributed by atoms with Crippen LogP contribution in [-0.2, 0) is 27.9 Å². The second-order valence-electron chi connectivity index (χ2n) is 10.2. The summed E-state index contributed by atoms with van der Waals surface area (Å²) >= 11 is 0. The van der Waals surface area contributed by atoms with Gasteiger partial charge in [0.05, 0.1) is 28.8 Å². The van der Waals surface area contributed by atoms with Gasteiger partial charge in [0.15, 0.2) is 0 Å². The highest BCUT2D eigenvalue weighted by atomic mass is 16.6. The summed E-state index contributed by atoms with van der Waals surface area (Å²) < 4.78 is 16.9. The van der Waals surface area contributed by atoms with Gasteiger partial charge in [-0.05, 0) is 57.2 Å². The summed E-state index contributed by atoms with van der Waals surface area (Å²) in [6.45, 7) is 6.07. The Hall–Kier alpha value is -3.10. The predicted octanol–water partition coefficient (Wildman–Crippen LogP) is 3.47. The Morgan fingerprint density at radius 2 is 1.97 bits per heavy atom. The molecular weight excluding hydrogens is 432 g/mol. The second-order valence-corrected chi connectivity index (χ2v) is 10.2. The lowest BCUT2D eigenvalue weighted by atomic mass is 9.91. The Bertz CT molecular complexity index is 1270. The molecule has 34 heavy (non-hydrogen) atoms. The van der Waals surface area contributed by atoms with E-state index in [9.17, 15) is 4.79 Å². The monoisotopic (exact) mass is 462 g/mol.